The molecule has 1 saturated carbocycles. The first-order chi connectivity index (χ1) is 8.56. The van der Waals surface area contributed by atoms with Crippen molar-refractivity contribution in [3.63, 3.8) is 0 Å². The molecule has 0 unspecified atom stereocenters. The molecule has 0 aromatic heterocycles. The number of halogens is 1. The van der Waals surface area contributed by atoms with Crippen LogP contribution < -0.4 is 10.6 Å². The Hall–Kier alpha value is -2.18. The number of anilines is 1. The van der Waals surface area contributed by atoms with Gasteiger partial charge in [0.25, 0.3) is 0 Å². The topological polar surface area (TPSA) is 84.3 Å². The average molecular weight is 253 g/mol. The van der Waals surface area contributed by atoms with Crippen molar-refractivity contribution in [1.82, 2.24) is 5.32 Å². The van der Waals surface area contributed by atoms with E-state index in [9.17, 15) is 19.3 Å². The number of hydrogen-bond acceptors (Lipinski definition) is 4. The number of nitro benzene ring substituents is 1. The van der Waals surface area contributed by atoms with E-state index in [1.54, 1.807) is 0 Å². The summed E-state index contributed by atoms with van der Waals surface area (Å²) in [5.74, 6) is -1.07. The van der Waals surface area contributed by atoms with Crippen LogP contribution in [0.1, 0.15) is 12.8 Å². The number of nitrogens with one attached hydrogen (secondary N) is 2. The lowest BCUT2D eigenvalue weighted by Crippen LogP contribution is -2.31. The Morgan fingerprint density at radius 1 is 1.50 bits per heavy atom. The Morgan fingerprint density at radius 2 is 2.22 bits per heavy atom. The smallest absolute Gasteiger partial charge is 0.306 e. The minimum absolute atomic E-state index is 0.0132. The van der Waals surface area contributed by atoms with Gasteiger partial charge in [-0.2, -0.15) is 4.39 Å². The fraction of sp³-hybridized carbons (Fsp3) is 0.364. The Kier molecular flexibility index (Phi) is 3.40. The fourth-order valence-corrected chi connectivity index (χ4v) is 1.45. The van der Waals surface area contributed by atoms with E-state index in [0.717, 1.165) is 25.0 Å². The van der Waals surface area contributed by atoms with Crippen LogP contribution in [-0.2, 0) is 4.79 Å². The monoisotopic (exact) mass is 253 g/mol. The minimum Gasteiger partial charge on any atom is -0.376 e. The SMILES string of the molecule is O=C(CNc1ccc(F)c([N+](=O)[O-])c1)NC1CC1. The molecule has 1 aromatic rings. The van der Waals surface area contributed by atoms with E-state index in [4.69, 9.17) is 0 Å². The predicted octanol–water partition coefficient (Wildman–Crippen LogP) is 1.42. The van der Waals surface area contributed by atoms with Crippen LogP contribution in [0.5, 0.6) is 0 Å². The summed E-state index contributed by atoms with van der Waals surface area (Å²) >= 11 is 0. The van der Waals surface area contributed by atoms with Gasteiger partial charge in [0.15, 0.2) is 0 Å². The summed E-state index contributed by atoms with van der Waals surface area (Å²) in [5, 5.41) is 16.0. The highest BCUT2D eigenvalue weighted by Crippen LogP contribution is 2.21. The molecule has 0 atom stereocenters. The summed E-state index contributed by atoms with van der Waals surface area (Å²) in [6.07, 6.45) is 1.99. The third-order valence-corrected chi connectivity index (χ3v) is 2.54. The van der Waals surface area contributed by atoms with Crippen LogP contribution in [-0.4, -0.2) is 23.4 Å². The van der Waals surface area contributed by atoms with Gasteiger partial charge in [-0.3, -0.25) is 14.9 Å². The van der Waals surface area contributed by atoms with Crippen molar-refractivity contribution in [2.75, 3.05) is 11.9 Å². The third-order valence-electron chi connectivity index (χ3n) is 2.54. The number of amides is 1. The Morgan fingerprint density at radius 3 is 2.83 bits per heavy atom. The van der Waals surface area contributed by atoms with Crippen LogP contribution in [0.15, 0.2) is 18.2 Å². The van der Waals surface area contributed by atoms with E-state index in [2.05, 4.69) is 10.6 Å². The molecule has 0 spiro atoms. The molecule has 18 heavy (non-hydrogen) atoms. The number of carbonyl (C=O) groups is 1. The van der Waals surface area contributed by atoms with Gasteiger partial charge in [-0.25, -0.2) is 0 Å². The van der Waals surface area contributed by atoms with Gasteiger partial charge in [-0.15, -0.1) is 0 Å². The molecule has 2 N–H and O–H groups in total. The van der Waals surface area contributed by atoms with Crippen molar-refractivity contribution in [3.8, 4) is 0 Å². The van der Waals surface area contributed by atoms with Crippen molar-refractivity contribution < 1.29 is 14.1 Å². The largest absolute Gasteiger partial charge is 0.376 e. The van der Waals surface area contributed by atoms with Crippen molar-refractivity contribution >= 4 is 17.3 Å². The molecule has 2 rings (SSSR count). The molecule has 96 valence electrons. The molecule has 1 aliphatic rings. The van der Waals surface area contributed by atoms with Crippen molar-refractivity contribution in [2.45, 2.75) is 18.9 Å². The molecule has 1 aromatic carbocycles. The minimum atomic E-state index is -0.895. The maximum absolute atomic E-state index is 13.1. The van der Waals surface area contributed by atoms with Gasteiger partial charge in [0, 0.05) is 17.8 Å². The lowest BCUT2D eigenvalue weighted by atomic mass is 10.2. The van der Waals surface area contributed by atoms with Gasteiger partial charge < -0.3 is 10.6 Å². The normalized spacial score (nSPS) is 14.1. The molecule has 0 aliphatic heterocycles. The molecule has 7 heteroatoms. The second-order valence-corrected chi connectivity index (χ2v) is 4.12. The Bertz CT molecular complexity index is 488. The van der Waals surface area contributed by atoms with E-state index in [-0.39, 0.29) is 18.5 Å². The van der Waals surface area contributed by atoms with E-state index in [1.807, 2.05) is 0 Å². The third kappa shape index (κ3) is 3.16. The lowest BCUT2D eigenvalue weighted by Gasteiger charge is -2.06. The van der Waals surface area contributed by atoms with E-state index in [1.165, 1.54) is 6.07 Å². The number of hydrogen-bond donors (Lipinski definition) is 2. The zero-order valence-corrected chi connectivity index (χ0v) is 9.48. The molecule has 1 fully saturated rings. The molecular formula is C11H12FN3O3. The zero-order valence-electron chi connectivity index (χ0n) is 9.48. The molecule has 1 aliphatic carbocycles. The van der Waals surface area contributed by atoms with Gasteiger partial charge in [-0.05, 0) is 25.0 Å². The Labute approximate surface area is 102 Å². The first kappa shape index (κ1) is 12.3. The second kappa shape index (κ2) is 4.99. The highest BCUT2D eigenvalue weighted by atomic mass is 19.1. The highest BCUT2D eigenvalue weighted by Gasteiger charge is 2.23. The van der Waals surface area contributed by atoms with Crippen LogP contribution in [0.4, 0.5) is 15.8 Å². The first-order valence-corrected chi connectivity index (χ1v) is 5.53. The number of benzene rings is 1. The molecule has 6 nitrogen and oxygen atoms in total. The number of nitro groups is 1. The zero-order chi connectivity index (χ0) is 13.1. The molecule has 0 radical (unpaired) electrons. The summed E-state index contributed by atoms with van der Waals surface area (Å²) in [6, 6.07) is 3.69. The van der Waals surface area contributed by atoms with Gasteiger partial charge in [0.05, 0.1) is 11.5 Å². The molecular weight excluding hydrogens is 241 g/mol. The number of nitrogens with zero attached hydrogens (tertiary/aromatic N) is 1. The Balaban J connectivity index is 1.94. The average Bonchev–Trinajstić information content (AvgIpc) is 3.11. The summed E-state index contributed by atoms with van der Waals surface area (Å²) in [5.41, 5.74) is -0.267. The predicted molar refractivity (Wildman–Crippen MR) is 62.7 cm³/mol. The van der Waals surface area contributed by atoms with Crippen LogP contribution in [0.3, 0.4) is 0 Å². The van der Waals surface area contributed by atoms with E-state index in [0.29, 0.717) is 5.69 Å². The molecule has 1 amide bonds. The van der Waals surface area contributed by atoms with E-state index >= 15 is 0 Å². The van der Waals surface area contributed by atoms with Crippen LogP contribution >= 0.6 is 0 Å². The second-order valence-electron chi connectivity index (χ2n) is 4.12. The van der Waals surface area contributed by atoms with Gasteiger partial charge in [-0.1, -0.05) is 0 Å². The van der Waals surface area contributed by atoms with Crippen molar-refractivity contribution in [3.05, 3.63) is 34.1 Å². The first-order valence-electron chi connectivity index (χ1n) is 5.53. The lowest BCUT2D eigenvalue weighted by molar-refractivity contribution is -0.387. The van der Waals surface area contributed by atoms with Crippen molar-refractivity contribution in [2.24, 2.45) is 0 Å². The molecule has 0 bridgehead atoms. The van der Waals surface area contributed by atoms with Gasteiger partial charge in [0.2, 0.25) is 11.7 Å². The van der Waals surface area contributed by atoms with Crippen LogP contribution in [0, 0.1) is 15.9 Å². The van der Waals surface area contributed by atoms with Gasteiger partial charge >= 0.3 is 5.69 Å². The standard InChI is InChI=1S/C11H12FN3O3/c12-9-4-3-8(5-10(9)15(17)18)13-6-11(16)14-7-1-2-7/h3-5,7,13H,1-2,6H2,(H,14,16). The summed E-state index contributed by atoms with van der Waals surface area (Å²) in [7, 11) is 0. The molecule has 0 heterocycles. The number of rotatable bonds is 5. The summed E-state index contributed by atoms with van der Waals surface area (Å²) in [6.45, 7) is 0.0132. The van der Waals surface area contributed by atoms with Crippen LogP contribution in [0.25, 0.3) is 0 Å². The van der Waals surface area contributed by atoms with Gasteiger partial charge in [0.1, 0.15) is 0 Å². The summed E-state index contributed by atoms with van der Waals surface area (Å²) in [4.78, 5) is 21.1. The fourth-order valence-electron chi connectivity index (χ4n) is 1.45. The van der Waals surface area contributed by atoms with E-state index < -0.39 is 16.4 Å². The highest BCUT2D eigenvalue weighted by molar-refractivity contribution is 5.81. The van der Waals surface area contributed by atoms with Crippen LogP contribution in [0.2, 0.25) is 0 Å². The number of carbonyl (C=O) groups excluding carboxylic acids is 1. The van der Waals surface area contributed by atoms with Crippen molar-refractivity contribution in [1.29, 1.82) is 0 Å². The maximum Gasteiger partial charge on any atom is 0.306 e. The summed E-state index contributed by atoms with van der Waals surface area (Å²) < 4.78 is 13.1. The maximum atomic E-state index is 13.1. The quantitative estimate of drug-likeness (QED) is 0.614. The molecule has 0 saturated heterocycles.